The topological polar surface area (TPSA) is 56.2 Å². The lowest BCUT2D eigenvalue weighted by atomic mass is 10.2. The van der Waals surface area contributed by atoms with Crippen molar-refractivity contribution in [3.05, 3.63) is 57.1 Å². The van der Waals surface area contributed by atoms with Crippen LogP contribution in [-0.2, 0) is 0 Å². The zero-order chi connectivity index (χ0) is 17.0. The van der Waals surface area contributed by atoms with Crippen molar-refractivity contribution in [2.24, 2.45) is 0 Å². The first-order chi connectivity index (χ1) is 12.2. The third-order valence-electron chi connectivity index (χ3n) is 3.80. The Labute approximate surface area is 164 Å². The smallest absolute Gasteiger partial charge is 0.235 e. The summed E-state index contributed by atoms with van der Waals surface area (Å²) in [4.78, 5) is 0.695. The van der Waals surface area contributed by atoms with Crippen LogP contribution in [0, 0.1) is 3.57 Å². The second-order valence-electron chi connectivity index (χ2n) is 5.40. The highest BCUT2D eigenvalue weighted by atomic mass is 127. The quantitative estimate of drug-likeness (QED) is 0.313. The molecule has 0 aliphatic rings. The van der Waals surface area contributed by atoms with Crippen molar-refractivity contribution in [2.45, 2.75) is 0 Å². The molecule has 122 valence electrons. The van der Waals surface area contributed by atoms with E-state index >= 15 is 0 Å². The van der Waals surface area contributed by atoms with Gasteiger partial charge in [0.05, 0.1) is 5.02 Å². The summed E-state index contributed by atoms with van der Waals surface area (Å²) >= 11 is 10.0. The molecular formula is C17H8ClIN4OS. The highest BCUT2D eigenvalue weighted by molar-refractivity contribution is 14.1. The Kier molecular flexibility index (Phi) is 3.54. The first-order valence-corrected chi connectivity index (χ1v) is 9.63. The first kappa shape index (κ1) is 15.3. The van der Waals surface area contributed by atoms with E-state index in [1.807, 2.05) is 48.5 Å². The predicted molar refractivity (Wildman–Crippen MR) is 107 cm³/mol. The van der Waals surface area contributed by atoms with Gasteiger partial charge in [-0.15, -0.1) is 10.2 Å². The van der Waals surface area contributed by atoms with Crippen LogP contribution in [0.2, 0.25) is 5.02 Å². The standard InChI is InChI=1S/C17H8ClIN4OS/c18-12-6-5-10(19)8-11(12)16-22-23-15(20-21-17(23)25-16)14-7-9-3-1-2-4-13(9)24-14/h1-8H. The van der Waals surface area contributed by atoms with Crippen LogP contribution in [0.4, 0.5) is 0 Å². The summed E-state index contributed by atoms with van der Waals surface area (Å²) in [7, 11) is 0. The van der Waals surface area contributed by atoms with E-state index in [4.69, 9.17) is 16.0 Å². The molecule has 2 aromatic carbocycles. The molecule has 0 bridgehead atoms. The van der Waals surface area contributed by atoms with E-state index in [0.717, 1.165) is 25.1 Å². The Morgan fingerprint density at radius 1 is 1.08 bits per heavy atom. The zero-order valence-electron chi connectivity index (χ0n) is 12.5. The lowest BCUT2D eigenvalue weighted by molar-refractivity contribution is 0.622. The van der Waals surface area contributed by atoms with Crippen molar-refractivity contribution in [1.82, 2.24) is 19.8 Å². The van der Waals surface area contributed by atoms with Gasteiger partial charge in [-0.2, -0.15) is 9.61 Å². The van der Waals surface area contributed by atoms with E-state index in [1.54, 1.807) is 4.52 Å². The van der Waals surface area contributed by atoms with Gasteiger partial charge in [-0.25, -0.2) is 0 Å². The molecule has 0 unspecified atom stereocenters. The van der Waals surface area contributed by atoms with E-state index in [2.05, 4.69) is 37.9 Å². The van der Waals surface area contributed by atoms with Gasteiger partial charge in [-0.05, 0) is 52.9 Å². The number of para-hydroxylation sites is 1. The molecule has 25 heavy (non-hydrogen) atoms. The number of hydrogen-bond donors (Lipinski definition) is 0. The molecule has 5 rings (SSSR count). The fourth-order valence-electron chi connectivity index (χ4n) is 2.63. The lowest BCUT2D eigenvalue weighted by Crippen LogP contribution is -1.90. The molecule has 3 aromatic heterocycles. The third kappa shape index (κ3) is 2.54. The fourth-order valence-corrected chi connectivity index (χ4v) is 4.26. The van der Waals surface area contributed by atoms with Crippen LogP contribution in [0.5, 0.6) is 0 Å². The van der Waals surface area contributed by atoms with Crippen LogP contribution in [0.25, 0.3) is 38.1 Å². The molecule has 0 aliphatic carbocycles. The Bertz CT molecular complexity index is 1210. The van der Waals surface area contributed by atoms with Crippen molar-refractivity contribution in [3.63, 3.8) is 0 Å². The van der Waals surface area contributed by atoms with Crippen molar-refractivity contribution < 1.29 is 4.42 Å². The molecule has 0 spiro atoms. The minimum absolute atomic E-state index is 0.579. The largest absolute Gasteiger partial charge is 0.453 e. The number of aromatic nitrogens is 4. The normalized spacial score (nSPS) is 11.6. The summed E-state index contributed by atoms with van der Waals surface area (Å²) in [6.07, 6.45) is 0. The summed E-state index contributed by atoms with van der Waals surface area (Å²) in [5.74, 6) is 1.22. The van der Waals surface area contributed by atoms with Crippen LogP contribution < -0.4 is 0 Å². The van der Waals surface area contributed by atoms with Crippen molar-refractivity contribution in [1.29, 1.82) is 0 Å². The first-order valence-electron chi connectivity index (χ1n) is 7.36. The molecule has 5 aromatic rings. The summed E-state index contributed by atoms with van der Waals surface area (Å²) < 4.78 is 8.69. The van der Waals surface area contributed by atoms with Crippen LogP contribution >= 0.6 is 45.5 Å². The Hall–Kier alpha value is -1.97. The average molecular weight is 479 g/mol. The van der Waals surface area contributed by atoms with Gasteiger partial charge >= 0.3 is 0 Å². The number of fused-ring (bicyclic) bond motifs is 2. The monoisotopic (exact) mass is 478 g/mol. The van der Waals surface area contributed by atoms with E-state index in [9.17, 15) is 0 Å². The van der Waals surface area contributed by atoms with Crippen molar-refractivity contribution >= 4 is 61.5 Å². The van der Waals surface area contributed by atoms with Gasteiger partial charge in [-0.3, -0.25) is 0 Å². The molecule has 0 aliphatic heterocycles. The minimum atomic E-state index is 0.579. The summed E-state index contributed by atoms with van der Waals surface area (Å²) in [5, 5.41) is 15.6. The Morgan fingerprint density at radius 3 is 2.84 bits per heavy atom. The van der Waals surface area contributed by atoms with Gasteiger partial charge in [0.25, 0.3) is 0 Å². The van der Waals surface area contributed by atoms with Gasteiger partial charge in [0, 0.05) is 14.5 Å². The molecule has 0 atom stereocenters. The third-order valence-corrected chi connectivity index (χ3v) is 5.73. The minimum Gasteiger partial charge on any atom is -0.453 e. The molecule has 0 saturated carbocycles. The van der Waals surface area contributed by atoms with Gasteiger partial charge in [0.2, 0.25) is 10.8 Å². The SMILES string of the molecule is Clc1ccc(I)cc1-c1nn2c(-c3cc4ccccc4o3)nnc2s1. The number of rotatable bonds is 2. The maximum absolute atomic E-state index is 6.34. The summed E-state index contributed by atoms with van der Waals surface area (Å²) in [5.41, 5.74) is 1.70. The maximum atomic E-state index is 6.34. The molecule has 0 radical (unpaired) electrons. The molecule has 0 N–H and O–H groups in total. The molecule has 5 nitrogen and oxygen atoms in total. The second kappa shape index (κ2) is 5.79. The van der Waals surface area contributed by atoms with E-state index in [1.165, 1.54) is 11.3 Å². The van der Waals surface area contributed by atoms with Crippen LogP contribution in [-0.4, -0.2) is 19.8 Å². The second-order valence-corrected chi connectivity index (χ2v) is 8.01. The molecule has 0 fully saturated rings. The molecular weight excluding hydrogens is 471 g/mol. The van der Waals surface area contributed by atoms with Crippen LogP contribution in [0.1, 0.15) is 0 Å². The van der Waals surface area contributed by atoms with Crippen LogP contribution in [0.15, 0.2) is 52.9 Å². The Morgan fingerprint density at radius 2 is 1.96 bits per heavy atom. The highest BCUT2D eigenvalue weighted by Gasteiger charge is 2.18. The van der Waals surface area contributed by atoms with E-state index in [-0.39, 0.29) is 0 Å². The summed E-state index contributed by atoms with van der Waals surface area (Å²) in [6.45, 7) is 0. The molecule has 0 saturated heterocycles. The number of halogens is 2. The maximum Gasteiger partial charge on any atom is 0.235 e. The number of furan rings is 1. The Balaban J connectivity index is 1.68. The van der Waals surface area contributed by atoms with Crippen LogP contribution in [0.3, 0.4) is 0 Å². The van der Waals surface area contributed by atoms with Gasteiger partial charge in [0.15, 0.2) is 5.76 Å². The average Bonchev–Trinajstić information content (AvgIpc) is 3.29. The van der Waals surface area contributed by atoms with E-state index < -0.39 is 0 Å². The molecule has 0 amide bonds. The van der Waals surface area contributed by atoms with Crippen molar-refractivity contribution in [3.8, 4) is 22.2 Å². The number of benzene rings is 2. The van der Waals surface area contributed by atoms with Crippen molar-refractivity contribution in [2.75, 3.05) is 0 Å². The van der Waals surface area contributed by atoms with Gasteiger partial charge < -0.3 is 4.42 Å². The number of nitrogens with zero attached hydrogens (tertiary/aromatic N) is 4. The number of hydrogen-bond acceptors (Lipinski definition) is 5. The molecule has 8 heteroatoms. The highest BCUT2D eigenvalue weighted by Crippen LogP contribution is 2.34. The predicted octanol–water partition coefficient (Wildman–Crippen LogP) is 5.52. The van der Waals surface area contributed by atoms with Gasteiger partial charge in [-0.1, -0.05) is 41.1 Å². The molecule has 3 heterocycles. The fraction of sp³-hybridized carbons (Fsp3) is 0. The van der Waals surface area contributed by atoms with E-state index in [0.29, 0.717) is 21.6 Å². The lowest BCUT2D eigenvalue weighted by Gasteiger charge is -2.00. The van der Waals surface area contributed by atoms with Gasteiger partial charge in [0.1, 0.15) is 10.6 Å². The summed E-state index contributed by atoms with van der Waals surface area (Å²) in [6, 6.07) is 15.6. The zero-order valence-corrected chi connectivity index (χ0v) is 16.2.